The van der Waals surface area contributed by atoms with E-state index in [2.05, 4.69) is 10.1 Å². The first-order chi connectivity index (χ1) is 9.45. The zero-order chi connectivity index (χ0) is 15.1. The summed E-state index contributed by atoms with van der Waals surface area (Å²) in [4.78, 5) is 35.4. The monoisotopic (exact) mass is 286 g/mol. The smallest absolute Gasteiger partial charge is 0.317 e. The van der Waals surface area contributed by atoms with Gasteiger partial charge < -0.3 is 20.1 Å². The van der Waals surface area contributed by atoms with E-state index in [9.17, 15) is 14.4 Å². The van der Waals surface area contributed by atoms with Crippen LogP contribution in [0.2, 0.25) is 0 Å². The molecular weight excluding hydrogens is 264 g/mol. The molecule has 0 radical (unpaired) electrons. The largest absolute Gasteiger partial charge is 0.481 e. The lowest BCUT2D eigenvalue weighted by Gasteiger charge is -2.23. The molecule has 1 fully saturated rings. The molecule has 2 unspecified atom stereocenters. The highest BCUT2D eigenvalue weighted by Gasteiger charge is 2.34. The fourth-order valence-corrected chi connectivity index (χ4v) is 2.36. The normalized spacial score (nSPS) is 21.3. The molecule has 1 rings (SSSR count). The molecule has 0 aromatic carbocycles. The summed E-state index contributed by atoms with van der Waals surface area (Å²) >= 11 is 0. The average molecular weight is 286 g/mol. The predicted molar refractivity (Wildman–Crippen MR) is 71.2 cm³/mol. The van der Waals surface area contributed by atoms with E-state index in [-0.39, 0.29) is 24.5 Å². The van der Waals surface area contributed by atoms with Gasteiger partial charge in [0.25, 0.3) is 0 Å². The summed E-state index contributed by atoms with van der Waals surface area (Å²) in [5.74, 6) is -1.66. The van der Waals surface area contributed by atoms with Crippen molar-refractivity contribution in [2.45, 2.75) is 38.1 Å². The third kappa shape index (κ3) is 4.71. The van der Waals surface area contributed by atoms with Gasteiger partial charge in [0.15, 0.2) is 0 Å². The second-order valence-corrected chi connectivity index (χ2v) is 5.03. The summed E-state index contributed by atoms with van der Waals surface area (Å²) in [7, 11) is 2.95. The molecule has 0 aromatic rings. The summed E-state index contributed by atoms with van der Waals surface area (Å²) in [5.41, 5.74) is 0. The van der Waals surface area contributed by atoms with Gasteiger partial charge in [0, 0.05) is 26.1 Å². The van der Waals surface area contributed by atoms with Gasteiger partial charge in [-0.05, 0) is 19.3 Å². The number of carbonyl (C=O) groups is 3. The molecule has 0 saturated heterocycles. The zero-order valence-corrected chi connectivity index (χ0v) is 11.9. The lowest BCUT2D eigenvalue weighted by Crippen LogP contribution is -2.46. The van der Waals surface area contributed by atoms with E-state index in [4.69, 9.17) is 5.11 Å². The summed E-state index contributed by atoms with van der Waals surface area (Å²) in [6, 6.07) is -0.601. The lowest BCUT2D eigenvalue weighted by atomic mass is 10.0. The molecule has 0 bridgehead atoms. The number of hydrogen-bond donors (Lipinski definition) is 2. The predicted octanol–water partition coefficient (Wildman–Crippen LogP) is 0.834. The van der Waals surface area contributed by atoms with Crippen LogP contribution in [-0.4, -0.2) is 54.7 Å². The van der Waals surface area contributed by atoms with E-state index in [1.165, 1.54) is 12.0 Å². The number of hydrogen-bond acceptors (Lipinski definition) is 4. The number of nitrogens with zero attached hydrogens (tertiary/aromatic N) is 1. The van der Waals surface area contributed by atoms with Crippen molar-refractivity contribution in [2.24, 2.45) is 5.92 Å². The number of esters is 1. The Kier molecular flexibility index (Phi) is 6.27. The Morgan fingerprint density at radius 3 is 2.65 bits per heavy atom. The van der Waals surface area contributed by atoms with Gasteiger partial charge in [-0.1, -0.05) is 6.42 Å². The molecule has 2 atom stereocenters. The molecule has 7 heteroatoms. The first kappa shape index (κ1) is 16.3. The Morgan fingerprint density at radius 2 is 2.05 bits per heavy atom. The Morgan fingerprint density at radius 1 is 1.35 bits per heavy atom. The molecule has 2 N–H and O–H groups in total. The van der Waals surface area contributed by atoms with Gasteiger partial charge in [-0.3, -0.25) is 9.59 Å². The number of rotatable bonds is 6. The van der Waals surface area contributed by atoms with Crippen LogP contribution in [0.15, 0.2) is 0 Å². The molecular formula is C13H22N2O5. The van der Waals surface area contributed by atoms with Gasteiger partial charge in [0.05, 0.1) is 13.0 Å². The van der Waals surface area contributed by atoms with Gasteiger partial charge in [-0.2, -0.15) is 0 Å². The van der Waals surface area contributed by atoms with Gasteiger partial charge in [0.1, 0.15) is 0 Å². The van der Waals surface area contributed by atoms with Crippen molar-refractivity contribution in [3.63, 3.8) is 0 Å². The highest BCUT2D eigenvalue weighted by molar-refractivity contribution is 5.77. The fraction of sp³-hybridized carbons (Fsp3) is 0.769. The van der Waals surface area contributed by atoms with Crippen LogP contribution in [0.3, 0.4) is 0 Å². The van der Waals surface area contributed by atoms with Crippen LogP contribution in [0.4, 0.5) is 4.79 Å². The van der Waals surface area contributed by atoms with E-state index < -0.39 is 11.9 Å². The maximum atomic E-state index is 11.9. The van der Waals surface area contributed by atoms with Gasteiger partial charge in [0.2, 0.25) is 0 Å². The molecule has 114 valence electrons. The van der Waals surface area contributed by atoms with Crippen molar-refractivity contribution in [2.75, 3.05) is 20.7 Å². The number of nitrogens with one attached hydrogen (secondary N) is 1. The van der Waals surface area contributed by atoms with Gasteiger partial charge in [-0.25, -0.2) is 4.79 Å². The molecule has 2 amide bonds. The summed E-state index contributed by atoms with van der Waals surface area (Å²) in [5, 5.41) is 11.8. The van der Waals surface area contributed by atoms with Crippen molar-refractivity contribution >= 4 is 18.0 Å². The van der Waals surface area contributed by atoms with E-state index in [0.717, 1.165) is 6.42 Å². The van der Waals surface area contributed by atoms with Gasteiger partial charge in [-0.15, -0.1) is 0 Å². The highest BCUT2D eigenvalue weighted by atomic mass is 16.5. The maximum Gasteiger partial charge on any atom is 0.317 e. The number of urea groups is 1. The third-order valence-corrected chi connectivity index (χ3v) is 3.59. The van der Waals surface area contributed by atoms with E-state index in [1.807, 2.05) is 0 Å². The summed E-state index contributed by atoms with van der Waals surface area (Å²) in [6.45, 7) is 0.422. The van der Waals surface area contributed by atoms with E-state index in [0.29, 0.717) is 25.8 Å². The molecule has 7 nitrogen and oxygen atoms in total. The van der Waals surface area contributed by atoms with Crippen molar-refractivity contribution in [1.82, 2.24) is 10.2 Å². The van der Waals surface area contributed by atoms with Crippen molar-refractivity contribution in [1.29, 1.82) is 0 Å². The fourth-order valence-electron chi connectivity index (χ4n) is 2.36. The third-order valence-electron chi connectivity index (χ3n) is 3.59. The van der Waals surface area contributed by atoms with Crippen LogP contribution in [0.5, 0.6) is 0 Å². The molecule has 0 aromatic heterocycles. The molecule has 0 aliphatic heterocycles. The number of carbonyl (C=O) groups excluding carboxylic acids is 2. The Balaban J connectivity index is 2.34. The number of ether oxygens (including phenoxy) is 1. The molecule has 1 aliphatic carbocycles. The molecule has 1 saturated carbocycles. The first-order valence-corrected chi connectivity index (χ1v) is 6.77. The lowest BCUT2D eigenvalue weighted by molar-refractivity contribution is -0.142. The van der Waals surface area contributed by atoms with Crippen LogP contribution in [0.1, 0.15) is 32.1 Å². The number of carboxylic acid groups (broad SMARTS) is 1. The van der Waals surface area contributed by atoms with Crippen LogP contribution in [-0.2, 0) is 14.3 Å². The second kappa shape index (κ2) is 7.72. The Labute approximate surface area is 118 Å². The second-order valence-electron chi connectivity index (χ2n) is 5.03. The summed E-state index contributed by atoms with van der Waals surface area (Å²) in [6.07, 6.45) is 2.89. The standard InChI is InChI=1S/C13H22N2O5/c1-15(8-4-7-11(16)20-2)13(19)14-10-6-3-5-9(10)12(17)18/h9-10H,3-8H2,1-2H3,(H,14,19)(H,17,18). The van der Waals surface area contributed by atoms with Gasteiger partial charge >= 0.3 is 18.0 Å². The number of methoxy groups -OCH3 is 1. The maximum absolute atomic E-state index is 11.9. The molecule has 0 heterocycles. The molecule has 1 aliphatic rings. The van der Waals surface area contributed by atoms with Crippen LogP contribution < -0.4 is 5.32 Å². The van der Waals surface area contributed by atoms with Crippen LogP contribution in [0, 0.1) is 5.92 Å². The number of amides is 2. The minimum atomic E-state index is -0.860. The number of carboxylic acids is 1. The first-order valence-electron chi connectivity index (χ1n) is 6.77. The number of aliphatic carboxylic acids is 1. The van der Waals surface area contributed by atoms with Crippen LogP contribution in [0.25, 0.3) is 0 Å². The van der Waals surface area contributed by atoms with Crippen LogP contribution >= 0.6 is 0 Å². The Bertz CT molecular complexity index is 372. The topological polar surface area (TPSA) is 95.9 Å². The van der Waals surface area contributed by atoms with E-state index in [1.54, 1.807) is 7.05 Å². The van der Waals surface area contributed by atoms with Crippen molar-refractivity contribution < 1.29 is 24.2 Å². The summed E-state index contributed by atoms with van der Waals surface area (Å²) < 4.78 is 4.52. The average Bonchev–Trinajstić information content (AvgIpc) is 2.86. The molecule has 0 spiro atoms. The van der Waals surface area contributed by atoms with E-state index >= 15 is 0 Å². The zero-order valence-electron chi connectivity index (χ0n) is 11.9. The molecule has 20 heavy (non-hydrogen) atoms. The quantitative estimate of drug-likeness (QED) is 0.705. The SMILES string of the molecule is COC(=O)CCCN(C)C(=O)NC1CCCC1C(=O)O. The van der Waals surface area contributed by atoms with Crippen molar-refractivity contribution in [3.05, 3.63) is 0 Å². The van der Waals surface area contributed by atoms with Crippen molar-refractivity contribution in [3.8, 4) is 0 Å². The minimum Gasteiger partial charge on any atom is -0.481 e. The highest BCUT2D eigenvalue weighted by Crippen LogP contribution is 2.25. The Hall–Kier alpha value is -1.79. The minimum absolute atomic E-state index is 0.259.